The molecule has 1 N–H and O–H groups in total. The van der Waals surface area contributed by atoms with Gasteiger partial charge in [-0.15, -0.1) is 11.8 Å². The number of hydrogen-bond donors (Lipinski definition) is 1. The molecule has 0 saturated heterocycles. The van der Waals surface area contributed by atoms with E-state index in [0.29, 0.717) is 22.6 Å². The van der Waals surface area contributed by atoms with E-state index in [9.17, 15) is 27.6 Å². The van der Waals surface area contributed by atoms with Crippen molar-refractivity contribution in [1.29, 1.82) is 0 Å². The number of carbonyl (C=O) groups excluding carboxylic acids is 2. The van der Waals surface area contributed by atoms with Crippen molar-refractivity contribution in [2.24, 2.45) is 0 Å². The van der Waals surface area contributed by atoms with Crippen LogP contribution in [-0.2, 0) is 22.3 Å². The molecule has 0 aliphatic heterocycles. The van der Waals surface area contributed by atoms with E-state index in [1.54, 1.807) is 0 Å². The van der Waals surface area contributed by atoms with E-state index in [0.717, 1.165) is 4.90 Å². The lowest BCUT2D eigenvalue weighted by molar-refractivity contribution is -0.138. The number of amides is 2. The van der Waals surface area contributed by atoms with Crippen molar-refractivity contribution in [3.8, 4) is 0 Å². The van der Waals surface area contributed by atoms with Crippen LogP contribution in [0, 0.1) is 0 Å². The second-order valence-electron chi connectivity index (χ2n) is 5.39. The molecule has 0 unspecified atom stereocenters. The Balaban J connectivity index is 1.92. The molecule has 0 fully saturated rings. The predicted molar refractivity (Wildman–Crippen MR) is 95.6 cm³/mol. The minimum absolute atomic E-state index is 0.0313. The van der Waals surface area contributed by atoms with Gasteiger partial charge in [-0.25, -0.2) is 0 Å². The van der Waals surface area contributed by atoms with E-state index in [1.807, 2.05) is 35.6 Å². The number of carbonyl (C=O) groups is 2. The number of nitrogens with zero attached hydrogens (tertiary/aromatic N) is 1. The molecule has 0 spiro atoms. The summed E-state index contributed by atoms with van der Waals surface area (Å²) < 4.78 is 38.8. The van der Waals surface area contributed by atoms with Gasteiger partial charge < -0.3 is 4.57 Å². The molecular weight excluding hydrogens is 405 g/mol. The highest BCUT2D eigenvalue weighted by atomic mass is 35.5. The quantitative estimate of drug-likeness (QED) is 0.730. The van der Waals surface area contributed by atoms with E-state index in [1.165, 1.54) is 11.8 Å². The van der Waals surface area contributed by atoms with Crippen LogP contribution in [0.25, 0.3) is 0 Å². The lowest BCUT2D eigenvalue weighted by atomic mass is 10.2. The summed E-state index contributed by atoms with van der Waals surface area (Å²) in [6.07, 6.45) is -4.20. The molecule has 5 nitrogen and oxygen atoms in total. The molecule has 0 saturated carbocycles. The summed E-state index contributed by atoms with van der Waals surface area (Å²) in [4.78, 5) is 36.4. The second kappa shape index (κ2) is 9.09. The number of alkyl halides is 3. The fourth-order valence-corrected chi connectivity index (χ4v) is 3.16. The number of thioether (sulfide) groups is 1. The van der Waals surface area contributed by atoms with E-state index in [4.69, 9.17) is 11.6 Å². The lowest BCUT2D eigenvalue weighted by Gasteiger charge is -2.11. The Labute approximate surface area is 161 Å². The molecule has 0 bridgehead atoms. The zero-order chi connectivity index (χ0) is 20.0. The van der Waals surface area contributed by atoms with Crippen molar-refractivity contribution in [1.82, 2.24) is 9.88 Å². The first-order valence-corrected chi connectivity index (χ1v) is 9.01. The summed E-state index contributed by atoms with van der Waals surface area (Å²) in [6, 6.07) is 9.80. The molecule has 2 aromatic rings. The summed E-state index contributed by atoms with van der Waals surface area (Å²) in [6.45, 7) is -0.750. The molecule has 0 aliphatic rings. The number of benzene rings is 1. The van der Waals surface area contributed by atoms with Gasteiger partial charge in [-0.1, -0.05) is 29.8 Å². The third-order valence-electron chi connectivity index (χ3n) is 3.30. The van der Waals surface area contributed by atoms with Crippen molar-refractivity contribution in [3.05, 3.63) is 63.5 Å². The van der Waals surface area contributed by atoms with Crippen LogP contribution in [0.4, 0.5) is 13.2 Å². The molecule has 2 amide bonds. The maximum atomic E-state index is 12.8. The van der Waals surface area contributed by atoms with Crippen LogP contribution in [0.5, 0.6) is 0 Å². The Kier molecular flexibility index (Phi) is 7.09. The van der Waals surface area contributed by atoms with Gasteiger partial charge in [0.05, 0.1) is 5.56 Å². The van der Waals surface area contributed by atoms with Crippen LogP contribution in [0.15, 0.2) is 52.3 Å². The maximum Gasteiger partial charge on any atom is 0.417 e. The topological polar surface area (TPSA) is 68.2 Å². The summed E-state index contributed by atoms with van der Waals surface area (Å²) in [5.41, 5.74) is -2.11. The molecule has 0 radical (unpaired) electrons. The first-order chi connectivity index (χ1) is 12.7. The Bertz CT molecular complexity index is 885. The minimum atomic E-state index is -4.72. The molecule has 0 aliphatic carbocycles. The van der Waals surface area contributed by atoms with Gasteiger partial charge in [0.1, 0.15) is 11.6 Å². The standard InChI is InChI=1S/C17H14ClF3N2O3S/c18-13-8-11(17(19,20)21)9-23(16(13)26)10-15(25)22-14(24)6-7-27-12-4-2-1-3-5-12/h1-5,8-9H,6-7,10H2,(H,22,24,25). The number of rotatable bonds is 6. The third kappa shape index (κ3) is 6.44. The number of halogens is 4. The molecule has 27 heavy (non-hydrogen) atoms. The molecule has 0 atom stereocenters. The van der Waals surface area contributed by atoms with Gasteiger partial charge in [-0.2, -0.15) is 13.2 Å². The Morgan fingerprint density at radius 3 is 2.44 bits per heavy atom. The summed E-state index contributed by atoms with van der Waals surface area (Å²) in [7, 11) is 0. The molecule has 1 heterocycles. The maximum absolute atomic E-state index is 12.8. The Morgan fingerprint density at radius 1 is 1.15 bits per heavy atom. The molecule has 2 rings (SSSR count). The molecule has 1 aromatic heterocycles. The van der Waals surface area contributed by atoms with Crippen molar-refractivity contribution in [2.75, 3.05) is 5.75 Å². The van der Waals surface area contributed by atoms with E-state index < -0.39 is 40.7 Å². The molecule has 144 valence electrons. The average molecular weight is 419 g/mol. The first kappa shape index (κ1) is 21.0. The van der Waals surface area contributed by atoms with Gasteiger partial charge in [-0.3, -0.25) is 19.7 Å². The van der Waals surface area contributed by atoms with Gasteiger partial charge in [0.15, 0.2) is 0 Å². The highest BCUT2D eigenvalue weighted by Gasteiger charge is 2.32. The van der Waals surface area contributed by atoms with Crippen molar-refractivity contribution in [3.63, 3.8) is 0 Å². The fraction of sp³-hybridized carbons (Fsp3) is 0.235. The Hall–Kier alpha value is -2.26. The van der Waals surface area contributed by atoms with Gasteiger partial charge >= 0.3 is 6.18 Å². The van der Waals surface area contributed by atoms with E-state index in [2.05, 4.69) is 0 Å². The van der Waals surface area contributed by atoms with Gasteiger partial charge in [0.2, 0.25) is 11.8 Å². The Morgan fingerprint density at radius 2 is 1.81 bits per heavy atom. The van der Waals surface area contributed by atoms with Crippen LogP contribution < -0.4 is 10.9 Å². The highest BCUT2D eigenvalue weighted by Crippen LogP contribution is 2.29. The van der Waals surface area contributed by atoms with Crippen LogP contribution in [-0.4, -0.2) is 22.1 Å². The van der Waals surface area contributed by atoms with Gasteiger partial charge in [-0.05, 0) is 18.2 Å². The van der Waals surface area contributed by atoms with Crippen LogP contribution in [0.1, 0.15) is 12.0 Å². The zero-order valence-corrected chi connectivity index (χ0v) is 15.3. The zero-order valence-electron chi connectivity index (χ0n) is 13.8. The predicted octanol–water partition coefficient (Wildman–Crippen LogP) is 3.35. The SMILES string of the molecule is O=C(CCSc1ccccc1)NC(=O)Cn1cc(C(F)(F)F)cc(Cl)c1=O. The van der Waals surface area contributed by atoms with Crippen molar-refractivity contribution < 1.29 is 22.8 Å². The first-order valence-electron chi connectivity index (χ1n) is 7.64. The third-order valence-corrected chi connectivity index (χ3v) is 4.59. The van der Waals surface area contributed by atoms with Crippen LogP contribution >= 0.6 is 23.4 Å². The van der Waals surface area contributed by atoms with Crippen molar-refractivity contribution in [2.45, 2.75) is 24.0 Å². The summed E-state index contributed by atoms with van der Waals surface area (Å²) >= 11 is 6.93. The second-order valence-corrected chi connectivity index (χ2v) is 6.97. The minimum Gasteiger partial charge on any atom is -0.304 e. The lowest BCUT2D eigenvalue weighted by Crippen LogP contribution is -2.36. The summed E-state index contributed by atoms with van der Waals surface area (Å²) in [5, 5.41) is 1.38. The van der Waals surface area contributed by atoms with Crippen molar-refractivity contribution >= 4 is 35.2 Å². The number of pyridine rings is 1. The smallest absolute Gasteiger partial charge is 0.304 e. The largest absolute Gasteiger partial charge is 0.417 e. The van der Waals surface area contributed by atoms with Crippen LogP contribution in [0.2, 0.25) is 5.02 Å². The highest BCUT2D eigenvalue weighted by molar-refractivity contribution is 7.99. The van der Waals surface area contributed by atoms with E-state index >= 15 is 0 Å². The number of nitrogens with one attached hydrogen (secondary N) is 1. The normalized spacial score (nSPS) is 11.3. The number of hydrogen-bond acceptors (Lipinski definition) is 4. The van der Waals surface area contributed by atoms with E-state index in [-0.39, 0.29) is 6.42 Å². The average Bonchev–Trinajstić information content (AvgIpc) is 2.58. The molecular formula is C17H14ClF3N2O3S. The number of aromatic nitrogens is 1. The molecule has 10 heteroatoms. The van der Waals surface area contributed by atoms with Gasteiger partial charge in [0.25, 0.3) is 5.56 Å². The monoisotopic (exact) mass is 418 g/mol. The van der Waals surface area contributed by atoms with Crippen LogP contribution in [0.3, 0.4) is 0 Å². The van der Waals surface area contributed by atoms with Gasteiger partial charge in [0, 0.05) is 23.3 Å². The summed E-state index contributed by atoms with van der Waals surface area (Å²) in [5.74, 6) is -1.07. The fourth-order valence-electron chi connectivity index (χ4n) is 2.06. The number of imide groups is 1. The molecule has 1 aromatic carbocycles.